The highest BCUT2D eigenvalue weighted by Gasteiger charge is 2.16. The lowest BCUT2D eigenvalue weighted by molar-refractivity contribution is 0.0476. The summed E-state index contributed by atoms with van der Waals surface area (Å²) in [7, 11) is 0. The number of carbonyl (C=O) groups is 1. The van der Waals surface area contributed by atoms with Crippen molar-refractivity contribution in [2.24, 2.45) is 0 Å². The quantitative estimate of drug-likeness (QED) is 0.818. The van der Waals surface area contributed by atoms with Gasteiger partial charge in [0, 0.05) is 12.2 Å². The number of amides is 2. The van der Waals surface area contributed by atoms with Gasteiger partial charge in [-0.2, -0.15) is 0 Å². The molecular weight excluding hydrogens is 222 g/mol. The molecule has 17 heavy (non-hydrogen) atoms. The highest BCUT2D eigenvalue weighted by molar-refractivity contribution is 5.88. The number of hydrogen-bond acceptors (Lipinski definition) is 4. The van der Waals surface area contributed by atoms with E-state index in [0.717, 1.165) is 5.69 Å². The molecule has 6 heteroatoms. The molecule has 0 spiro atoms. The maximum Gasteiger partial charge on any atom is 0.320 e. The average molecular weight is 237 g/mol. The monoisotopic (exact) mass is 237 g/mol. The largest absolute Gasteiger partial charge is 0.353 e. The number of pyridine rings is 1. The number of anilines is 1. The van der Waals surface area contributed by atoms with Gasteiger partial charge in [0.05, 0.1) is 6.61 Å². The molecule has 1 atom stereocenters. The number of hydrogen-bond donors (Lipinski definition) is 2. The molecule has 2 N–H and O–H groups in total. The normalized spacial score (nSPS) is 19.0. The summed E-state index contributed by atoms with van der Waals surface area (Å²) in [5.74, 6) is 0.533. The van der Waals surface area contributed by atoms with Crippen molar-refractivity contribution in [2.45, 2.75) is 13.0 Å². The van der Waals surface area contributed by atoms with E-state index < -0.39 is 0 Å². The lowest BCUT2D eigenvalue weighted by atomic mass is 10.4. The van der Waals surface area contributed by atoms with Gasteiger partial charge >= 0.3 is 6.03 Å². The summed E-state index contributed by atoms with van der Waals surface area (Å²) in [5.41, 5.74) is 0.857. The van der Waals surface area contributed by atoms with E-state index in [2.05, 4.69) is 15.6 Å². The Bertz CT molecular complexity index is 391. The van der Waals surface area contributed by atoms with Crippen molar-refractivity contribution in [1.29, 1.82) is 0 Å². The maximum atomic E-state index is 11.5. The third kappa shape index (κ3) is 3.69. The van der Waals surface area contributed by atoms with Crippen LogP contribution in [0.4, 0.5) is 10.6 Å². The van der Waals surface area contributed by atoms with Gasteiger partial charge in [0.2, 0.25) is 0 Å². The molecular formula is C11H15N3O3. The minimum Gasteiger partial charge on any atom is -0.353 e. The SMILES string of the molecule is Cc1cccc(NC(=O)NCC2COCO2)n1. The topological polar surface area (TPSA) is 72.5 Å². The smallest absolute Gasteiger partial charge is 0.320 e. The molecule has 0 radical (unpaired) electrons. The van der Waals surface area contributed by atoms with E-state index in [1.54, 1.807) is 6.07 Å². The molecule has 1 aliphatic heterocycles. The van der Waals surface area contributed by atoms with E-state index in [4.69, 9.17) is 9.47 Å². The van der Waals surface area contributed by atoms with Crippen molar-refractivity contribution < 1.29 is 14.3 Å². The van der Waals surface area contributed by atoms with Crippen LogP contribution >= 0.6 is 0 Å². The molecule has 1 fully saturated rings. The summed E-state index contributed by atoms with van der Waals surface area (Å²) in [6.07, 6.45) is -0.0637. The molecule has 1 unspecified atom stereocenters. The summed E-state index contributed by atoms with van der Waals surface area (Å²) in [6, 6.07) is 5.15. The standard InChI is InChI=1S/C11H15N3O3/c1-8-3-2-4-10(13-8)14-11(15)12-5-9-6-16-7-17-9/h2-4,9H,5-7H2,1H3,(H2,12,13,14,15). The van der Waals surface area contributed by atoms with Crippen LogP contribution in [0.3, 0.4) is 0 Å². The number of nitrogens with zero attached hydrogens (tertiary/aromatic N) is 1. The Labute approximate surface area is 99.3 Å². The predicted molar refractivity (Wildman–Crippen MR) is 61.7 cm³/mol. The van der Waals surface area contributed by atoms with Gasteiger partial charge in [-0.25, -0.2) is 9.78 Å². The van der Waals surface area contributed by atoms with Crippen LogP contribution in [0, 0.1) is 6.92 Å². The predicted octanol–water partition coefficient (Wildman–Crippen LogP) is 0.884. The second-order valence-corrected chi connectivity index (χ2v) is 3.78. The molecule has 1 aliphatic rings. The first-order valence-electron chi connectivity index (χ1n) is 5.42. The zero-order valence-corrected chi connectivity index (χ0v) is 9.60. The maximum absolute atomic E-state index is 11.5. The summed E-state index contributed by atoms with van der Waals surface area (Å²) < 4.78 is 10.2. The van der Waals surface area contributed by atoms with Crippen molar-refractivity contribution in [3.05, 3.63) is 23.9 Å². The van der Waals surface area contributed by atoms with Crippen LogP contribution in [-0.4, -0.2) is 37.1 Å². The van der Waals surface area contributed by atoms with Gasteiger partial charge in [-0.05, 0) is 19.1 Å². The fourth-order valence-electron chi connectivity index (χ4n) is 1.47. The lowest BCUT2D eigenvalue weighted by Gasteiger charge is -2.10. The van der Waals surface area contributed by atoms with Crippen LogP contribution in [0.25, 0.3) is 0 Å². The van der Waals surface area contributed by atoms with Crippen molar-refractivity contribution in [2.75, 3.05) is 25.3 Å². The van der Waals surface area contributed by atoms with Crippen LogP contribution in [-0.2, 0) is 9.47 Å². The number of urea groups is 1. The van der Waals surface area contributed by atoms with E-state index in [1.165, 1.54) is 0 Å². The Balaban J connectivity index is 1.76. The Morgan fingerprint density at radius 3 is 3.18 bits per heavy atom. The second kappa shape index (κ2) is 5.60. The zero-order valence-electron chi connectivity index (χ0n) is 9.60. The molecule has 92 valence electrons. The van der Waals surface area contributed by atoms with Gasteiger partial charge in [0.15, 0.2) is 0 Å². The first kappa shape index (κ1) is 11.8. The van der Waals surface area contributed by atoms with Crippen molar-refractivity contribution in [1.82, 2.24) is 10.3 Å². The molecule has 0 aromatic carbocycles. The summed E-state index contributed by atoms with van der Waals surface area (Å²) in [4.78, 5) is 15.7. The van der Waals surface area contributed by atoms with Gasteiger partial charge in [0.25, 0.3) is 0 Å². The van der Waals surface area contributed by atoms with Crippen molar-refractivity contribution in [3.8, 4) is 0 Å². The molecule has 1 aromatic heterocycles. The van der Waals surface area contributed by atoms with Crippen LogP contribution in [0.2, 0.25) is 0 Å². The van der Waals surface area contributed by atoms with Gasteiger partial charge in [-0.3, -0.25) is 5.32 Å². The molecule has 0 aliphatic carbocycles. The highest BCUT2D eigenvalue weighted by atomic mass is 16.7. The second-order valence-electron chi connectivity index (χ2n) is 3.78. The molecule has 2 rings (SSSR count). The third-order valence-electron chi connectivity index (χ3n) is 2.31. The molecule has 0 saturated carbocycles. The molecule has 1 aromatic rings. The van der Waals surface area contributed by atoms with Crippen molar-refractivity contribution >= 4 is 11.8 Å². The Morgan fingerprint density at radius 1 is 1.59 bits per heavy atom. The fourth-order valence-corrected chi connectivity index (χ4v) is 1.47. The van der Waals surface area contributed by atoms with E-state index in [1.807, 2.05) is 19.1 Å². The number of carbonyl (C=O) groups excluding carboxylic acids is 1. The molecule has 2 heterocycles. The fraction of sp³-hybridized carbons (Fsp3) is 0.455. The Kier molecular flexibility index (Phi) is 3.89. The van der Waals surface area contributed by atoms with Crippen LogP contribution < -0.4 is 10.6 Å². The first-order valence-corrected chi connectivity index (χ1v) is 5.42. The molecule has 6 nitrogen and oxygen atoms in total. The summed E-state index contributed by atoms with van der Waals surface area (Å²) >= 11 is 0. The van der Waals surface area contributed by atoms with Crippen LogP contribution in [0.1, 0.15) is 5.69 Å². The van der Waals surface area contributed by atoms with Gasteiger partial charge in [-0.15, -0.1) is 0 Å². The van der Waals surface area contributed by atoms with E-state index in [0.29, 0.717) is 25.8 Å². The molecule has 1 saturated heterocycles. The van der Waals surface area contributed by atoms with E-state index >= 15 is 0 Å². The highest BCUT2D eigenvalue weighted by Crippen LogP contribution is 2.04. The van der Waals surface area contributed by atoms with Gasteiger partial charge in [0.1, 0.15) is 18.7 Å². The third-order valence-corrected chi connectivity index (χ3v) is 2.31. The minimum atomic E-state index is -0.293. The molecule has 2 amide bonds. The summed E-state index contributed by atoms with van der Waals surface area (Å²) in [5, 5.41) is 5.35. The minimum absolute atomic E-state index is 0.0637. The van der Waals surface area contributed by atoms with Crippen LogP contribution in [0.15, 0.2) is 18.2 Å². The number of aryl methyl sites for hydroxylation is 1. The zero-order chi connectivity index (χ0) is 12.1. The van der Waals surface area contributed by atoms with E-state index in [9.17, 15) is 4.79 Å². The van der Waals surface area contributed by atoms with Crippen LogP contribution in [0.5, 0.6) is 0 Å². The van der Waals surface area contributed by atoms with Gasteiger partial charge in [-0.1, -0.05) is 6.07 Å². The Morgan fingerprint density at radius 2 is 2.47 bits per heavy atom. The number of rotatable bonds is 3. The summed E-state index contributed by atoms with van der Waals surface area (Å²) in [6.45, 7) is 3.11. The number of nitrogens with one attached hydrogen (secondary N) is 2. The van der Waals surface area contributed by atoms with Gasteiger partial charge < -0.3 is 14.8 Å². The molecule has 0 bridgehead atoms. The van der Waals surface area contributed by atoms with Crippen molar-refractivity contribution in [3.63, 3.8) is 0 Å². The Hall–Kier alpha value is -1.66. The lowest BCUT2D eigenvalue weighted by Crippen LogP contribution is -2.36. The average Bonchev–Trinajstić information content (AvgIpc) is 2.79. The number of ether oxygens (including phenoxy) is 2. The first-order chi connectivity index (χ1) is 8.24. The number of aromatic nitrogens is 1. The van der Waals surface area contributed by atoms with E-state index in [-0.39, 0.29) is 12.1 Å².